The predicted octanol–water partition coefficient (Wildman–Crippen LogP) is 2.82. The van der Waals surface area contributed by atoms with Crippen LogP contribution in [0.5, 0.6) is 0 Å². The highest BCUT2D eigenvalue weighted by molar-refractivity contribution is 7.19. The van der Waals surface area contributed by atoms with Crippen molar-refractivity contribution in [3.05, 3.63) is 16.5 Å². The van der Waals surface area contributed by atoms with Crippen LogP contribution in [0.2, 0.25) is 4.34 Å². The molecule has 0 bridgehead atoms. The fourth-order valence-corrected chi connectivity index (χ4v) is 2.29. The first-order chi connectivity index (χ1) is 6.44. The van der Waals surface area contributed by atoms with E-state index in [-0.39, 0.29) is 5.41 Å². The predicted molar refractivity (Wildman–Crippen MR) is 65.4 cm³/mol. The van der Waals surface area contributed by atoms with Crippen molar-refractivity contribution < 1.29 is 0 Å². The van der Waals surface area contributed by atoms with Gasteiger partial charge >= 0.3 is 0 Å². The summed E-state index contributed by atoms with van der Waals surface area (Å²) in [4.78, 5) is 2.20. The maximum absolute atomic E-state index is 5.88. The Hall–Kier alpha value is -0.250. The third kappa shape index (κ3) is 3.15. The van der Waals surface area contributed by atoms with Gasteiger partial charge in [-0.15, -0.1) is 11.3 Å². The minimum absolute atomic E-state index is 0.144. The lowest BCUT2D eigenvalue weighted by molar-refractivity contribution is 0.386. The van der Waals surface area contributed by atoms with Gasteiger partial charge in [0.05, 0.1) is 9.34 Å². The Labute approximate surface area is 94.7 Å². The maximum Gasteiger partial charge on any atom is 0.0950 e. The molecule has 80 valence electrons. The molecule has 0 saturated heterocycles. The van der Waals surface area contributed by atoms with Gasteiger partial charge in [-0.3, -0.25) is 0 Å². The normalized spacial score (nSPS) is 11.8. The molecule has 0 radical (unpaired) electrons. The van der Waals surface area contributed by atoms with Crippen LogP contribution in [-0.4, -0.2) is 20.1 Å². The molecule has 0 aliphatic rings. The number of hydrogen-bond acceptors (Lipinski definition) is 3. The topological polar surface area (TPSA) is 29.3 Å². The second kappa shape index (κ2) is 4.51. The monoisotopic (exact) mass is 232 g/mol. The van der Waals surface area contributed by atoms with Gasteiger partial charge < -0.3 is 10.6 Å². The molecule has 1 heterocycles. The van der Waals surface area contributed by atoms with E-state index in [0.717, 1.165) is 10.9 Å². The molecule has 4 heteroatoms. The highest BCUT2D eigenvalue weighted by atomic mass is 35.5. The van der Waals surface area contributed by atoms with Crippen molar-refractivity contribution in [3.8, 4) is 0 Å². The fraction of sp³-hybridized carbons (Fsp3) is 0.600. The molecule has 0 unspecified atom stereocenters. The average molecular weight is 233 g/mol. The number of hydrogen-bond donors (Lipinski definition) is 1. The van der Waals surface area contributed by atoms with Crippen molar-refractivity contribution in [3.63, 3.8) is 0 Å². The molecular formula is C10H17ClN2S. The summed E-state index contributed by atoms with van der Waals surface area (Å²) in [6, 6.07) is 3.97. The van der Waals surface area contributed by atoms with E-state index in [9.17, 15) is 0 Å². The van der Waals surface area contributed by atoms with Crippen molar-refractivity contribution in [1.29, 1.82) is 0 Å². The van der Waals surface area contributed by atoms with Crippen molar-refractivity contribution >= 4 is 27.9 Å². The Kier molecular flexibility index (Phi) is 3.81. The average Bonchev–Trinajstić information content (AvgIpc) is 2.51. The molecule has 1 aromatic heterocycles. The first kappa shape index (κ1) is 11.8. The van der Waals surface area contributed by atoms with Crippen LogP contribution in [0.15, 0.2) is 12.1 Å². The van der Waals surface area contributed by atoms with Crippen LogP contribution in [-0.2, 0) is 0 Å². The summed E-state index contributed by atoms with van der Waals surface area (Å²) in [6.07, 6.45) is 0. The van der Waals surface area contributed by atoms with E-state index in [1.165, 1.54) is 5.00 Å². The molecular weight excluding hydrogens is 216 g/mol. The van der Waals surface area contributed by atoms with E-state index in [1.807, 2.05) is 12.1 Å². The van der Waals surface area contributed by atoms with Crippen LogP contribution >= 0.6 is 22.9 Å². The minimum atomic E-state index is 0.144. The first-order valence-electron chi connectivity index (χ1n) is 4.61. The number of rotatable bonds is 4. The fourth-order valence-electron chi connectivity index (χ4n) is 1.29. The SMILES string of the molecule is CN(CC(C)(C)CN)c1ccc(Cl)s1. The first-order valence-corrected chi connectivity index (χ1v) is 5.80. The standard InChI is InChI=1S/C10H17ClN2S/c1-10(2,6-12)7-13(3)9-5-4-8(11)14-9/h4-5H,6-7,12H2,1-3H3. The quantitative estimate of drug-likeness (QED) is 0.865. The van der Waals surface area contributed by atoms with Gasteiger partial charge in [0.2, 0.25) is 0 Å². The Bertz CT molecular complexity index is 296. The molecule has 0 aromatic carbocycles. The van der Waals surface area contributed by atoms with E-state index in [2.05, 4.69) is 25.8 Å². The van der Waals surface area contributed by atoms with E-state index in [4.69, 9.17) is 17.3 Å². The maximum atomic E-state index is 5.88. The van der Waals surface area contributed by atoms with Crippen LogP contribution in [0.4, 0.5) is 5.00 Å². The van der Waals surface area contributed by atoms with Crippen molar-refractivity contribution in [2.75, 3.05) is 25.0 Å². The van der Waals surface area contributed by atoms with E-state index >= 15 is 0 Å². The molecule has 14 heavy (non-hydrogen) atoms. The molecule has 0 fully saturated rings. The van der Waals surface area contributed by atoms with Gasteiger partial charge in [0, 0.05) is 13.6 Å². The molecule has 0 atom stereocenters. The third-order valence-electron chi connectivity index (χ3n) is 2.15. The molecule has 1 aromatic rings. The van der Waals surface area contributed by atoms with Crippen LogP contribution in [0.25, 0.3) is 0 Å². The van der Waals surface area contributed by atoms with Crippen molar-refractivity contribution in [2.45, 2.75) is 13.8 Å². The third-order valence-corrected chi connectivity index (χ3v) is 3.50. The highest BCUT2D eigenvalue weighted by Gasteiger charge is 2.18. The van der Waals surface area contributed by atoms with Gasteiger partial charge in [0.25, 0.3) is 0 Å². The molecule has 2 N–H and O–H groups in total. The summed E-state index contributed by atoms with van der Waals surface area (Å²) >= 11 is 7.47. The van der Waals surface area contributed by atoms with Gasteiger partial charge in [0.15, 0.2) is 0 Å². The van der Waals surface area contributed by atoms with Crippen molar-refractivity contribution in [1.82, 2.24) is 0 Å². The zero-order valence-electron chi connectivity index (χ0n) is 8.88. The number of halogens is 1. The molecule has 0 saturated carbocycles. The second-order valence-corrected chi connectivity index (χ2v) is 6.00. The molecule has 2 nitrogen and oxygen atoms in total. The summed E-state index contributed by atoms with van der Waals surface area (Å²) in [7, 11) is 2.07. The molecule has 0 aliphatic heterocycles. The van der Waals surface area contributed by atoms with Crippen LogP contribution in [0.3, 0.4) is 0 Å². The van der Waals surface area contributed by atoms with Gasteiger partial charge in [-0.1, -0.05) is 25.4 Å². The van der Waals surface area contributed by atoms with Crippen LogP contribution in [0, 0.1) is 5.41 Å². The van der Waals surface area contributed by atoms with E-state index in [0.29, 0.717) is 6.54 Å². The largest absolute Gasteiger partial charge is 0.366 e. The zero-order chi connectivity index (χ0) is 10.8. The Morgan fingerprint density at radius 1 is 1.50 bits per heavy atom. The van der Waals surface area contributed by atoms with Crippen molar-refractivity contribution in [2.24, 2.45) is 11.1 Å². The van der Waals surface area contributed by atoms with E-state index in [1.54, 1.807) is 11.3 Å². The Balaban J connectivity index is 2.63. The summed E-state index contributed by atoms with van der Waals surface area (Å²) in [6.45, 7) is 5.97. The number of anilines is 1. The lowest BCUT2D eigenvalue weighted by Crippen LogP contribution is -2.36. The number of nitrogens with two attached hydrogens (primary N) is 1. The molecule has 1 rings (SSSR count). The van der Waals surface area contributed by atoms with Gasteiger partial charge in [-0.2, -0.15) is 0 Å². The second-order valence-electron chi connectivity index (χ2n) is 4.30. The van der Waals surface area contributed by atoms with Crippen LogP contribution < -0.4 is 10.6 Å². The number of nitrogens with zero attached hydrogens (tertiary/aromatic N) is 1. The highest BCUT2D eigenvalue weighted by Crippen LogP contribution is 2.30. The molecule has 0 spiro atoms. The number of thiophene rings is 1. The zero-order valence-corrected chi connectivity index (χ0v) is 10.5. The smallest absolute Gasteiger partial charge is 0.0950 e. The minimum Gasteiger partial charge on any atom is -0.366 e. The van der Waals surface area contributed by atoms with Gasteiger partial charge in [-0.05, 0) is 24.1 Å². The Morgan fingerprint density at radius 3 is 2.57 bits per heavy atom. The lowest BCUT2D eigenvalue weighted by Gasteiger charge is -2.29. The summed E-state index contributed by atoms with van der Waals surface area (Å²) in [5.74, 6) is 0. The van der Waals surface area contributed by atoms with E-state index < -0.39 is 0 Å². The lowest BCUT2D eigenvalue weighted by atomic mass is 9.93. The Morgan fingerprint density at radius 2 is 2.14 bits per heavy atom. The summed E-state index contributed by atoms with van der Waals surface area (Å²) in [5.41, 5.74) is 5.83. The molecule has 0 amide bonds. The van der Waals surface area contributed by atoms with Gasteiger partial charge in [0.1, 0.15) is 0 Å². The van der Waals surface area contributed by atoms with Crippen LogP contribution in [0.1, 0.15) is 13.8 Å². The van der Waals surface area contributed by atoms with Gasteiger partial charge in [-0.25, -0.2) is 0 Å². The summed E-state index contributed by atoms with van der Waals surface area (Å²) < 4.78 is 0.831. The summed E-state index contributed by atoms with van der Waals surface area (Å²) in [5, 5.41) is 1.19. The molecule has 0 aliphatic carbocycles.